The maximum absolute atomic E-state index is 12.8. The topological polar surface area (TPSA) is 70.6 Å². The van der Waals surface area contributed by atoms with Gasteiger partial charge < -0.3 is 16.2 Å². The summed E-state index contributed by atoms with van der Waals surface area (Å²) in [4.78, 5) is 4.11. The second-order valence-corrected chi connectivity index (χ2v) is 4.90. The number of hydrogen-bond acceptors (Lipinski definition) is 2. The van der Waals surface area contributed by atoms with Gasteiger partial charge in [-0.15, -0.1) is 24.0 Å². The Balaban J connectivity index is 0.00000180. The minimum atomic E-state index is -1.15. The Morgan fingerprint density at radius 3 is 2.58 bits per heavy atom. The van der Waals surface area contributed by atoms with Crippen molar-refractivity contribution in [3.05, 3.63) is 35.6 Å². The lowest BCUT2D eigenvalue weighted by Crippen LogP contribution is -2.35. The third-order valence-corrected chi connectivity index (χ3v) is 2.95. The fraction of sp³-hybridized carbons (Fsp3) is 0.462. The maximum atomic E-state index is 12.8. The number of nitrogens with one attached hydrogen (secondary N) is 1. The largest absolute Gasteiger partial charge is 0.384 e. The Hall–Kier alpha value is -0.890. The smallest absolute Gasteiger partial charge is 0.188 e. The Morgan fingerprint density at radius 2 is 2.05 bits per heavy atom. The average Bonchev–Trinajstić information content (AvgIpc) is 3.11. The molecule has 0 aromatic heterocycles. The van der Waals surface area contributed by atoms with Gasteiger partial charge in [0.25, 0.3) is 0 Å². The predicted molar refractivity (Wildman–Crippen MR) is 84.0 cm³/mol. The molecule has 4 N–H and O–H groups in total. The van der Waals surface area contributed by atoms with E-state index < -0.39 is 5.60 Å². The van der Waals surface area contributed by atoms with E-state index in [0.717, 1.165) is 12.8 Å². The van der Waals surface area contributed by atoms with Crippen molar-refractivity contribution in [2.24, 2.45) is 10.7 Å². The molecule has 0 radical (unpaired) electrons. The van der Waals surface area contributed by atoms with E-state index in [2.05, 4.69) is 10.3 Å². The first-order chi connectivity index (χ1) is 8.47. The third-order valence-electron chi connectivity index (χ3n) is 2.95. The monoisotopic (exact) mass is 379 g/mol. The van der Waals surface area contributed by atoms with Crippen molar-refractivity contribution in [1.82, 2.24) is 5.32 Å². The van der Waals surface area contributed by atoms with Crippen LogP contribution in [-0.4, -0.2) is 23.7 Å². The Bertz CT molecular complexity index is 444. The van der Waals surface area contributed by atoms with Crippen molar-refractivity contribution in [1.29, 1.82) is 0 Å². The highest BCUT2D eigenvalue weighted by Crippen LogP contribution is 2.21. The summed E-state index contributed by atoms with van der Waals surface area (Å²) in [6.45, 7) is 1.78. The maximum Gasteiger partial charge on any atom is 0.188 e. The summed E-state index contributed by atoms with van der Waals surface area (Å²) in [5, 5.41) is 13.3. The van der Waals surface area contributed by atoms with E-state index in [1.807, 2.05) is 0 Å². The quantitative estimate of drug-likeness (QED) is 0.424. The molecule has 1 atom stereocenters. The zero-order chi connectivity index (χ0) is 13.2. The van der Waals surface area contributed by atoms with E-state index in [1.54, 1.807) is 19.1 Å². The summed E-state index contributed by atoms with van der Waals surface area (Å²) < 4.78 is 12.8. The Labute approximate surface area is 129 Å². The van der Waals surface area contributed by atoms with E-state index in [-0.39, 0.29) is 36.3 Å². The van der Waals surface area contributed by atoms with Gasteiger partial charge in [-0.3, -0.25) is 4.99 Å². The fourth-order valence-corrected chi connectivity index (χ4v) is 1.62. The summed E-state index contributed by atoms with van der Waals surface area (Å²) in [6.07, 6.45) is 2.23. The first-order valence-electron chi connectivity index (χ1n) is 6.02. The number of guanidine groups is 1. The predicted octanol–water partition coefficient (Wildman–Crippen LogP) is 1.72. The minimum absolute atomic E-state index is 0. The molecule has 0 heterocycles. The molecule has 1 fully saturated rings. The lowest BCUT2D eigenvalue weighted by Gasteiger charge is -2.22. The van der Waals surface area contributed by atoms with Gasteiger partial charge in [-0.2, -0.15) is 0 Å². The number of halogens is 2. The molecule has 6 heteroatoms. The number of rotatable bonds is 4. The van der Waals surface area contributed by atoms with Crippen LogP contribution in [0.4, 0.5) is 4.39 Å². The van der Waals surface area contributed by atoms with Gasteiger partial charge in [0.05, 0.1) is 6.54 Å². The summed E-state index contributed by atoms with van der Waals surface area (Å²) in [5.74, 6) is 0.0212. The van der Waals surface area contributed by atoms with Gasteiger partial charge in [0, 0.05) is 6.04 Å². The summed E-state index contributed by atoms with van der Waals surface area (Å²) in [5.41, 5.74) is 5.16. The molecule has 0 bridgehead atoms. The molecule has 1 aromatic rings. The van der Waals surface area contributed by atoms with Gasteiger partial charge in [0.1, 0.15) is 11.4 Å². The van der Waals surface area contributed by atoms with Crippen LogP contribution in [0.3, 0.4) is 0 Å². The first-order valence-corrected chi connectivity index (χ1v) is 6.02. The van der Waals surface area contributed by atoms with E-state index in [4.69, 9.17) is 5.73 Å². The van der Waals surface area contributed by atoms with Crippen LogP contribution in [0.1, 0.15) is 25.3 Å². The summed E-state index contributed by atoms with van der Waals surface area (Å²) in [7, 11) is 0. The fourth-order valence-electron chi connectivity index (χ4n) is 1.62. The van der Waals surface area contributed by atoms with Gasteiger partial charge >= 0.3 is 0 Å². The van der Waals surface area contributed by atoms with Crippen LogP contribution in [0.5, 0.6) is 0 Å². The number of benzene rings is 1. The van der Waals surface area contributed by atoms with E-state index in [9.17, 15) is 9.50 Å². The molecule has 1 aliphatic carbocycles. The Kier molecular flexibility index (Phi) is 5.54. The van der Waals surface area contributed by atoms with Gasteiger partial charge in [0.15, 0.2) is 5.96 Å². The van der Waals surface area contributed by atoms with Crippen LogP contribution in [-0.2, 0) is 5.60 Å². The van der Waals surface area contributed by atoms with Crippen LogP contribution in [0.2, 0.25) is 0 Å². The second kappa shape index (κ2) is 6.51. The number of nitrogens with zero attached hydrogens (tertiary/aromatic N) is 1. The molecule has 1 aromatic carbocycles. The van der Waals surface area contributed by atoms with Crippen molar-refractivity contribution in [3.63, 3.8) is 0 Å². The number of nitrogens with two attached hydrogens (primary N) is 1. The minimum Gasteiger partial charge on any atom is -0.384 e. The molecule has 1 saturated carbocycles. The molecule has 0 amide bonds. The SMILES string of the molecule is CC(O)(CN=C(N)NC1CC1)c1ccc(F)cc1.I. The van der Waals surface area contributed by atoms with E-state index in [0.29, 0.717) is 17.6 Å². The molecule has 0 aliphatic heterocycles. The molecule has 1 unspecified atom stereocenters. The second-order valence-electron chi connectivity index (χ2n) is 4.90. The normalized spacial score (nSPS) is 18.4. The van der Waals surface area contributed by atoms with Crippen LogP contribution in [0.15, 0.2) is 29.3 Å². The van der Waals surface area contributed by atoms with Crippen molar-refractivity contribution in [2.45, 2.75) is 31.4 Å². The highest BCUT2D eigenvalue weighted by atomic mass is 127. The van der Waals surface area contributed by atoms with E-state index in [1.165, 1.54) is 12.1 Å². The zero-order valence-electron chi connectivity index (χ0n) is 10.8. The molecule has 0 spiro atoms. The first kappa shape index (κ1) is 16.2. The molecular formula is C13H19FIN3O. The highest BCUT2D eigenvalue weighted by molar-refractivity contribution is 14.0. The molecule has 2 rings (SSSR count). The van der Waals surface area contributed by atoms with Gasteiger partial charge in [-0.05, 0) is 37.5 Å². The van der Waals surface area contributed by atoms with E-state index >= 15 is 0 Å². The van der Waals surface area contributed by atoms with Gasteiger partial charge in [-0.1, -0.05) is 12.1 Å². The number of hydrogen-bond donors (Lipinski definition) is 3. The molecule has 1 aliphatic rings. The molecule has 4 nitrogen and oxygen atoms in total. The molecule has 0 saturated heterocycles. The van der Waals surface area contributed by atoms with Gasteiger partial charge in [0.2, 0.25) is 0 Å². The lowest BCUT2D eigenvalue weighted by atomic mass is 9.96. The van der Waals surface area contributed by atoms with Crippen molar-refractivity contribution in [3.8, 4) is 0 Å². The van der Waals surface area contributed by atoms with Gasteiger partial charge in [-0.25, -0.2) is 4.39 Å². The van der Waals surface area contributed by atoms with Crippen LogP contribution < -0.4 is 11.1 Å². The molecule has 106 valence electrons. The van der Waals surface area contributed by atoms with Crippen molar-refractivity contribution in [2.75, 3.05) is 6.54 Å². The summed E-state index contributed by atoms with van der Waals surface area (Å²) >= 11 is 0. The standard InChI is InChI=1S/C13H18FN3O.HI/c1-13(18,9-2-4-10(14)5-3-9)8-16-12(15)17-11-6-7-11;/h2-5,11,18H,6-8H2,1H3,(H3,15,16,17);1H. The number of aliphatic imine (C=N–C) groups is 1. The third kappa shape index (κ3) is 4.94. The average molecular weight is 379 g/mol. The molecular weight excluding hydrogens is 360 g/mol. The molecule has 19 heavy (non-hydrogen) atoms. The zero-order valence-corrected chi connectivity index (χ0v) is 13.1. The number of aliphatic hydroxyl groups is 1. The lowest BCUT2D eigenvalue weighted by molar-refractivity contribution is 0.0672. The van der Waals surface area contributed by atoms with Crippen LogP contribution >= 0.6 is 24.0 Å². The van der Waals surface area contributed by atoms with Crippen LogP contribution in [0.25, 0.3) is 0 Å². The highest BCUT2D eigenvalue weighted by Gasteiger charge is 2.24. The van der Waals surface area contributed by atoms with Crippen molar-refractivity contribution >= 4 is 29.9 Å². The van der Waals surface area contributed by atoms with Crippen LogP contribution in [0, 0.1) is 5.82 Å². The Morgan fingerprint density at radius 1 is 1.47 bits per heavy atom. The summed E-state index contributed by atoms with van der Waals surface area (Å²) in [6, 6.07) is 6.17. The van der Waals surface area contributed by atoms with Crippen molar-refractivity contribution < 1.29 is 9.50 Å².